The van der Waals surface area contributed by atoms with Crippen molar-refractivity contribution >= 4 is 11.0 Å². The van der Waals surface area contributed by atoms with Crippen LogP contribution in [0.25, 0.3) is 22.3 Å². The fourth-order valence-corrected chi connectivity index (χ4v) is 4.81. The number of phenols is 3. The highest BCUT2D eigenvalue weighted by Crippen LogP contribution is 2.35. The van der Waals surface area contributed by atoms with E-state index in [2.05, 4.69) is 0 Å². The Labute approximate surface area is 241 Å². The van der Waals surface area contributed by atoms with Gasteiger partial charge in [0, 0.05) is 23.8 Å². The highest BCUT2D eigenvalue weighted by molar-refractivity contribution is 5.86. The minimum Gasteiger partial charge on any atom is -0.507 e. The van der Waals surface area contributed by atoms with Gasteiger partial charge in [0.05, 0.1) is 13.2 Å². The van der Waals surface area contributed by atoms with Gasteiger partial charge in [0.2, 0.25) is 6.29 Å². The summed E-state index contributed by atoms with van der Waals surface area (Å²) in [6.45, 7) is -1.29. The number of rotatable bonds is 7. The first kappa shape index (κ1) is 30.9. The summed E-state index contributed by atoms with van der Waals surface area (Å²) < 4.78 is 27.6. The smallest absolute Gasteiger partial charge is 0.229 e. The van der Waals surface area contributed by atoms with Crippen molar-refractivity contribution in [3.63, 3.8) is 0 Å². The molecule has 43 heavy (non-hydrogen) atoms. The van der Waals surface area contributed by atoms with Crippen LogP contribution in [0.4, 0.5) is 0 Å². The summed E-state index contributed by atoms with van der Waals surface area (Å²) in [6.07, 6.45) is -16.4. The van der Waals surface area contributed by atoms with Crippen LogP contribution in [-0.2, 0) is 14.2 Å². The molecule has 0 amide bonds. The predicted octanol–water partition coefficient (Wildman–Crippen LogP) is -2.42. The predicted molar refractivity (Wildman–Crippen MR) is 140 cm³/mol. The summed E-state index contributed by atoms with van der Waals surface area (Å²) in [4.78, 5) is 12.7. The topological polar surface area (TPSA) is 269 Å². The first-order valence-electron chi connectivity index (χ1n) is 13.0. The Morgan fingerprint density at radius 3 is 2.02 bits per heavy atom. The summed E-state index contributed by atoms with van der Waals surface area (Å²) in [7, 11) is 0. The molecule has 16 heteroatoms. The summed E-state index contributed by atoms with van der Waals surface area (Å²) in [6, 6.07) is 7.01. The van der Waals surface area contributed by atoms with Gasteiger partial charge in [0.15, 0.2) is 23.2 Å². The van der Waals surface area contributed by atoms with Gasteiger partial charge in [0.1, 0.15) is 77.1 Å². The third kappa shape index (κ3) is 5.98. The molecule has 234 valence electrons. The third-order valence-electron chi connectivity index (χ3n) is 7.24. The van der Waals surface area contributed by atoms with Crippen molar-refractivity contribution in [3.8, 4) is 34.3 Å². The Morgan fingerprint density at radius 2 is 1.35 bits per heavy atom. The van der Waals surface area contributed by atoms with Crippen molar-refractivity contribution in [1.29, 1.82) is 0 Å². The number of benzene rings is 2. The first-order chi connectivity index (χ1) is 20.4. The van der Waals surface area contributed by atoms with Crippen molar-refractivity contribution in [3.05, 3.63) is 46.6 Å². The largest absolute Gasteiger partial charge is 0.507 e. The molecule has 3 aromatic rings. The molecule has 10 atom stereocenters. The van der Waals surface area contributed by atoms with Crippen LogP contribution in [-0.4, -0.2) is 126 Å². The molecule has 0 saturated carbocycles. The number of aromatic hydroxyl groups is 3. The van der Waals surface area contributed by atoms with Crippen LogP contribution in [0.3, 0.4) is 0 Å². The second-order valence-corrected chi connectivity index (χ2v) is 10.2. The molecule has 2 aliphatic heterocycles. The van der Waals surface area contributed by atoms with Gasteiger partial charge < -0.3 is 74.4 Å². The number of fused-ring (bicyclic) bond motifs is 1. The monoisotopic (exact) mass is 610 g/mol. The Kier molecular flexibility index (Phi) is 8.77. The lowest BCUT2D eigenvalue weighted by molar-refractivity contribution is -0.323. The number of ether oxygens (including phenoxy) is 4. The van der Waals surface area contributed by atoms with Gasteiger partial charge in [-0.2, -0.15) is 0 Å². The van der Waals surface area contributed by atoms with E-state index in [1.807, 2.05) is 0 Å². The van der Waals surface area contributed by atoms with E-state index in [4.69, 9.17) is 23.4 Å². The van der Waals surface area contributed by atoms with Crippen molar-refractivity contribution in [1.82, 2.24) is 0 Å². The minimum atomic E-state index is -1.83. The van der Waals surface area contributed by atoms with Crippen molar-refractivity contribution in [2.24, 2.45) is 0 Å². The molecule has 3 heterocycles. The van der Waals surface area contributed by atoms with Crippen LogP contribution < -0.4 is 10.2 Å². The quantitative estimate of drug-likeness (QED) is 0.125. The third-order valence-corrected chi connectivity index (χ3v) is 7.24. The lowest BCUT2D eigenvalue weighted by Gasteiger charge is -2.42. The molecule has 0 unspecified atom stereocenters. The van der Waals surface area contributed by atoms with Gasteiger partial charge in [-0.05, 0) is 18.2 Å². The Balaban J connectivity index is 1.36. The lowest BCUT2D eigenvalue weighted by atomic mass is 9.98. The Bertz CT molecular complexity index is 1510. The van der Waals surface area contributed by atoms with Crippen molar-refractivity contribution in [2.45, 2.75) is 61.4 Å². The van der Waals surface area contributed by atoms with Crippen LogP contribution in [0.15, 0.2) is 45.6 Å². The highest BCUT2D eigenvalue weighted by Gasteiger charge is 2.48. The van der Waals surface area contributed by atoms with E-state index in [1.165, 1.54) is 18.2 Å². The zero-order valence-electron chi connectivity index (χ0n) is 22.1. The number of hydrogen-bond donors (Lipinski definition) is 10. The van der Waals surface area contributed by atoms with Crippen molar-refractivity contribution in [2.75, 3.05) is 13.2 Å². The van der Waals surface area contributed by atoms with Gasteiger partial charge in [0.25, 0.3) is 0 Å². The summed E-state index contributed by atoms with van der Waals surface area (Å²) in [5.74, 6) is -1.64. The molecule has 10 N–H and O–H groups in total. The fourth-order valence-electron chi connectivity index (χ4n) is 4.81. The number of phenolic OH excluding ortho intramolecular Hbond substituents is 3. The molecule has 2 aromatic carbocycles. The second kappa shape index (κ2) is 12.2. The van der Waals surface area contributed by atoms with E-state index in [9.17, 15) is 55.9 Å². The molecule has 0 aliphatic carbocycles. The SMILES string of the molecule is O=c1cc(-c2ccc(O)c(O)c2)oc2cc(O[C@@H]3O[C@H](CO[C@@H]4O[C@H](CO)[C@@H](O)[C@H](O)[C@@H]4O)[C@@H](O)[C@H](O)[C@H]3O)cc(O)c12. The number of aliphatic hydroxyl groups is 7. The number of hydrogen-bond acceptors (Lipinski definition) is 16. The molecular formula is C27H30O16. The van der Waals surface area contributed by atoms with Crippen LogP contribution in [0.2, 0.25) is 0 Å². The van der Waals surface area contributed by atoms with Gasteiger partial charge in [-0.3, -0.25) is 4.79 Å². The first-order valence-corrected chi connectivity index (χ1v) is 13.0. The minimum absolute atomic E-state index is 0.0257. The normalized spacial score (nSPS) is 33.0. The maximum absolute atomic E-state index is 12.7. The van der Waals surface area contributed by atoms with E-state index in [0.29, 0.717) is 0 Å². The van der Waals surface area contributed by atoms with E-state index in [-0.39, 0.29) is 28.0 Å². The van der Waals surface area contributed by atoms with Gasteiger partial charge in [-0.15, -0.1) is 0 Å². The maximum atomic E-state index is 12.7. The molecule has 2 aliphatic rings. The van der Waals surface area contributed by atoms with E-state index in [0.717, 1.165) is 18.2 Å². The maximum Gasteiger partial charge on any atom is 0.229 e. The van der Waals surface area contributed by atoms with Crippen molar-refractivity contribution < 1.29 is 74.4 Å². The average molecular weight is 611 g/mol. The summed E-state index contributed by atoms with van der Waals surface area (Å²) >= 11 is 0. The zero-order chi connectivity index (χ0) is 31.2. The Morgan fingerprint density at radius 1 is 0.698 bits per heavy atom. The zero-order valence-corrected chi connectivity index (χ0v) is 22.1. The molecule has 0 spiro atoms. The van der Waals surface area contributed by atoms with Crippen LogP contribution in [0.5, 0.6) is 23.0 Å². The van der Waals surface area contributed by atoms with E-state index < -0.39 is 97.3 Å². The van der Waals surface area contributed by atoms with Crippen LogP contribution in [0.1, 0.15) is 0 Å². The lowest BCUT2D eigenvalue weighted by Crippen LogP contribution is -2.62. The molecule has 5 rings (SSSR count). The molecular weight excluding hydrogens is 580 g/mol. The molecule has 2 fully saturated rings. The van der Waals surface area contributed by atoms with Gasteiger partial charge in [-0.25, -0.2) is 0 Å². The summed E-state index contributed by atoms with van der Waals surface area (Å²) in [5, 5.41) is 100. The molecule has 16 nitrogen and oxygen atoms in total. The molecule has 1 aromatic heterocycles. The van der Waals surface area contributed by atoms with Gasteiger partial charge in [-0.1, -0.05) is 0 Å². The standard InChI is InChI=1S/C27H30O16/c28-7-17-20(33)22(35)24(37)26(42-17)39-8-18-21(34)23(36)25(38)27(43-18)40-10-4-13(31)19-14(32)6-15(41-16(19)5-10)9-1-2-11(29)12(30)3-9/h1-6,17-18,20-31,33-38H,7-8H2/t17-,18-,20-,21-,22+,23+,24+,25-,26-,27-/m1/s1. The average Bonchev–Trinajstić information content (AvgIpc) is 2.97. The highest BCUT2D eigenvalue weighted by atomic mass is 16.7. The van der Waals surface area contributed by atoms with Crippen LogP contribution >= 0.6 is 0 Å². The van der Waals surface area contributed by atoms with E-state index in [1.54, 1.807) is 0 Å². The van der Waals surface area contributed by atoms with E-state index >= 15 is 0 Å². The molecule has 2 saturated heterocycles. The Hall–Kier alpha value is -3.55. The number of aliphatic hydroxyl groups excluding tert-OH is 7. The fraction of sp³-hybridized carbons (Fsp3) is 0.444. The molecule has 0 radical (unpaired) electrons. The molecule has 0 bridgehead atoms. The van der Waals surface area contributed by atoms with Gasteiger partial charge >= 0.3 is 0 Å². The second-order valence-electron chi connectivity index (χ2n) is 10.2. The van der Waals surface area contributed by atoms with Crippen LogP contribution in [0, 0.1) is 0 Å². The summed E-state index contributed by atoms with van der Waals surface area (Å²) in [5.41, 5.74) is -0.588.